The predicted octanol–water partition coefficient (Wildman–Crippen LogP) is 4.29. The lowest BCUT2D eigenvalue weighted by Crippen LogP contribution is -2.22. The molecule has 0 aliphatic rings. The Labute approximate surface area is 163 Å². The molecule has 0 fully saturated rings. The Morgan fingerprint density at radius 2 is 1.83 bits per heavy atom. The smallest absolute Gasteiger partial charge is 0.416 e. The second-order valence-corrected chi connectivity index (χ2v) is 6.21. The molecule has 2 rings (SSSR count). The summed E-state index contributed by atoms with van der Waals surface area (Å²) in [5, 5.41) is 13.1. The van der Waals surface area contributed by atoms with E-state index < -0.39 is 46.5 Å². The first-order valence-electron chi connectivity index (χ1n) is 8.44. The van der Waals surface area contributed by atoms with E-state index in [9.17, 15) is 32.9 Å². The number of nitrogens with one attached hydrogen (secondary N) is 1. The van der Waals surface area contributed by atoms with Crippen LogP contribution in [0, 0.1) is 10.1 Å². The number of hydrogen-bond acceptors (Lipinski definition) is 5. The Balaban J connectivity index is 1.95. The minimum Gasteiger partial charge on any atom is -0.456 e. The van der Waals surface area contributed by atoms with Gasteiger partial charge in [0.05, 0.1) is 16.9 Å². The monoisotopic (exact) mass is 410 g/mol. The molecule has 0 saturated carbocycles. The summed E-state index contributed by atoms with van der Waals surface area (Å²) in [7, 11) is 0. The summed E-state index contributed by atoms with van der Waals surface area (Å²) in [5.74, 6) is -1.71. The van der Waals surface area contributed by atoms with E-state index in [0.717, 1.165) is 11.6 Å². The van der Waals surface area contributed by atoms with Crippen LogP contribution in [0.1, 0.15) is 30.4 Å². The molecule has 1 unspecified atom stereocenters. The normalized spacial score (nSPS) is 12.1. The van der Waals surface area contributed by atoms with E-state index in [0.29, 0.717) is 12.1 Å². The van der Waals surface area contributed by atoms with E-state index in [1.54, 1.807) is 0 Å². The fourth-order valence-corrected chi connectivity index (χ4v) is 2.51. The summed E-state index contributed by atoms with van der Waals surface area (Å²) in [6.45, 7) is 1.08. The van der Waals surface area contributed by atoms with Crippen LogP contribution in [-0.4, -0.2) is 23.4 Å². The highest BCUT2D eigenvalue weighted by Crippen LogP contribution is 2.34. The first kappa shape index (κ1) is 21.9. The van der Waals surface area contributed by atoms with Crippen LogP contribution >= 0.6 is 0 Å². The Kier molecular flexibility index (Phi) is 6.92. The van der Waals surface area contributed by atoms with E-state index in [1.807, 2.05) is 37.3 Å². The molecule has 0 saturated heterocycles. The number of carbonyl (C=O) groups is 2. The summed E-state index contributed by atoms with van der Waals surface area (Å²) >= 11 is 0. The number of nitrogens with zero attached hydrogens (tertiary/aromatic N) is 1. The van der Waals surface area contributed by atoms with Crippen LogP contribution in [0.3, 0.4) is 0 Å². The van der Waals surface area contributed by atoms with E-state index in [1.165, 1.54) is 0 Å². The van der Waals surface area contributed by atoms with Gasteiger partial charge in [0.25, 0.3) is 11.6 Å². The number of halogens is 3. The summed E-state index contributed by atoms with van der Waals surface area (Å²) in [5.41, 5.74) is -1.66. The molecule has 0 heterocycles. The minimum absolute atomic E-state index is 0.0116. The molecular formula is C19H17F3N2O5. The fraction of sp³-hybridized carbons (Fsp3) is 0.263. The number of anilines is 1. The highest BCUT2D eigenvalue weighted by atomic mass is 19.4. The van der Waals surface area contributed by atoms with E-state index in [-0.39, 0.29) is 12.3 Å². The Bertz CT molecular complexity index is 900. The van der Waals surface area contributed by atoms with Crippen molar-refractivity contribution in [1.82, 2.24) is 0 Å². The number of alkyl halides is 3. The highest BCUT2D eigenvalue weighted by Gasteiger charge is 2.33. The summed E-state index contributed by atoms with van der Waals surface area (Å²) in [6.07, 6.45) is -4.75. The van der Waals surface area contributed by atoms with Gasteiger partial charge in [0.1, 0.15) is 5.69 Å². The van der Waals surface area contributed by atoms with Gasteiger partial charge in [-0.05, 0) is 23.6 Å². The Morgan fingerprint density at radius 3 is 2.41 bits per heavy atom. The number of amides is 1. The molecule has 2 aromatic carbocycles. The van der Waals surface area contributed by atoms with Crippen molar-refractivity contribution in [2.45, 2.75) is 25.4 Å². The third kappa shape index (κ3) is 6.30. The second-order valence-electron chi connectivity index (χ2n) is 6.21. The molecule has 0 radical (unpaired) electrons. The molecule has 2 aromatic rings. The predicted molar refractivity (Wildman–Crippen MR) is 97.2 cm³/mol. The molecule has 1 atom stereocenters. The number of esters is 1. The van der Waals surface area contributed by atoms with E-state index >= 15 is 0 Å². The zero-order valence-electron chi connectivity index (χ0n) is 15.2. The van der Waals surface area contributed by atoms with Gasteiger partial charge in [-0.3, -0.25) is 19.7 Å². The van der Waals surface area contributed by atoms with Crippen LogP contribution < -0.4 is 5.32 Å². The molecule has 0 aliphatic heterocycles. The van der Waals surface area contributed by atoms with E-state index in [4.69, 9.17) is 4.74 Å². The zero-order valence-corrected chi connectivity index (χ0v) is 15.2. The summed E-state index contributed by atoms with van der Waals surface area (Å²) in [4.78, 5) is 33.7. The lowest BCUT2D eigenvalue weighted by Gasteiger charge is -2.12. The van der Waals surface area contributed by atoms with Gasteiger partial charge in [-0.1, -0.05) is 37.3 Å². The van der Waals surface area contributed by atoms with Crippen molar-refractivity contribution in [3.05, 3.63) is 69.8 Å². The van der Waals surface area contributed by atoms with Crippen molar-refractivity contribution in [2.24, 2.45) is 0 Å². The summed E-state index contributed by atoms with van der Waals surface area (Å²) in [6, 6.07) is 10.9. The third-order valence-electron chi connectivity index (χ3n) is 4.00. The van der Waals surface area contributed by atoms with Crippen LogP contribution in [0.15, 0.2) is 48.5 Å². The van der Waals surface area contributed by atoms with Crippen molar-refractivity contribution in [1.29, 1.82) is 0 Å². The number of hydrogen-bond donors (Lipinski definition) is 1. The largest absolute Gasteiger partial charge is 0.456 e. The van der Waals surface area contributed by atoms with Crippen LogP contribution in [0.2, 0.25) is 0 Å². The first-order valence-corrected chi connectivity index (χ1v) is 8.44. The average molecular weight is 410 g/mol. The topological polar surface area (TPSA) is 98.5 Å². The van der Waals surface area contributed by atoms with Crippen LogP contribution in [0.4, 0.5) is 24.5 Å². The van der Waals surface area contributed by atoms with E-state index in [2.05, 4.69) is 5.32 Å². The molecule has 0 spiro atoms. The lowest BCUT2D eigenvalue weighted by atomic mass is 9.98. The molecule has 10 heteroatoms. The lowest BCUT2D eigenvalue weighted by molar-refractivity contribution is -0.384. The van der Waals surface area contributed by atoms with Gasteiger partial charge in [-0.15, -0.1) is 0 Å². The maximum Gasteiger partial charge on any atom is 0.416 e. The Hall–Kier alpha value is -3.43. The van der Waals surface area contributed by atoms with Gasteiger partial charge in [-0.25, -0.2) is 0 Å². The number of rotatable bonds is 7. The van der Waals surface area contributed by atoms with Gasteiger partial charge < -0.3 is 10.1 Å². The first-order chi connectivity index (χ1) is 13.6. The van der Waals surface area contributed by atoms with Crippen molar-refractivity contribution in [2.75, 3.05) is 11.9 Å². The quantitative estimate of drug-likeness (QED) is 0.417. The Morgan fingerprint density at radius 1 is 1.17 bits per heavy atom. The van der Waals surface area contributed by atoms with Crippen molar-refractivity contribution in [3.8, 4) is 0 Å². The van der Waals surface area contributed by atoms with Gasteiger partial charge in [-0.2, -0.15) is 13.2 Å². The molecule has 29 heavy (non-hydrogen) atoms. The molecule has 1 N–H and O–H groups in total. The number of nitro groups is 1. The highest BCUT2D eigenvalue weighted by molar-refractivity contribution is 5.95. The minimum atomic E-state index is -4.77. The number of ether oxygens (including phenoxy) is 1. The second kappa shape index (κ2) is 9.18. The van der Waals surface area contributed by atoms with Crippen LogP contribution in [-0.2, 0) is 20.5 Å². The van der Waals surface area contributed by atoms with Crippen molar-refractivity contribution < 1.29 is 32.4 Å². The van der Waals surface area contributed by atoms with Crippen molar-refractivity contribution >= 4 is 23.3 Å². The van der Waals surface area contributed by atoms with Gasteiger partial charge in [0.15, 0.2) is 6.61 Å². The molecule has 1 amide bonds. The molecule has 154 valence electrons. The van der Waals surface area contributed by atoms with Gasteiger partial charge in [0, 0.05) is 6.07 Å². The molecule has 0 aromatic heterocycles. The fourth-order valence-electron chi connectivity index (χ4n) is 2.51. The number of carbonyl (C=O) groups excluding carboxylic acids is 2. The maximum absolute atomic E-state index is 12.7. The maximum atomic E-state index is 12.7. The standard InChI is InChI=1S/C19H17F3N2O5/c1-12(13-5-3-2-4-6-13)9-18(26)29-11-17(25)23-15-8-7-14(19(20,21)22)10-16(15)24(27)28/h2-8,10,12H,9,11H2,1H3,(H,23,25). The van der Waals surface area contributed by atoms with Crippen LogP contribution in [0.5, 0.6) is 0 Å². The number of nitro benzene ring substituents is 1. The third-order valence-corrected chi connectivity index (χ3v) is 4.00. The molecule has 0 bridgehead atoms. The van der Waals surface area contributed by atoms with Gasteiger partial charge in [0.2, 0.25) is 0 Å². The average Bonchev–Trinajstić information content (AvgIpc) is 2.66. The zero-order chi connectivity index (χ0) is 21.6. The van der Waals surface area contributed by atoms with Crippen molar-refractivity contribution in [3.63, 3.8) is 0 Å². The molecule has 0 aliphatic carbocycles. The SMILES string of the molecule is CC(CC(=O)OCC(=O)Nc1ccc(C(F)(F)F)cc1[N+](=O)[O-])c1ccccc1. The van der Waals surface area contributed by atoms with Crippen LogP contribution in [0.25, 0.3) is 0 Å². The number of benzene rings is 2. The summed E-state index contributed by atoms with van der Waals surface area (Å²) < 4.78 is 42.9. The van der Waals surface area contributed by atoms with Gasteiger partial charge >= 0.3 is 12.1 Å². The molecular weight excluding hydrogens is 393 g/mol. The molecule has 7 nitrogen and oxygen atoms in total.